The van der Waals surface area contributed by atoms with Crippen molar-refractivity contribution in [3.8, 4) is 0 Å². The average Bonchev–Trinajstić information content (AvgIpc) is 2.59. The van der Waals surface area contributed by atoms with Crippen LogP contribution in [0.4, 0.5) is 0 Å². The monoisotopic (exact) mass is 222 g/mol. The van der Waals surface area contributed by atoms with E-state index in [-0.39, 0.29) is 5.56 Å². The third-order valence-electron chi connectivity index (χ3n) is 2.40. The van der Waals surface area contributed by atoms with E-state index in [1.165, 1.54) is 0 Å². The molecule has 2 aromatic heterocycles. The summed E-state index contributed by atoms with van der Waals surface area (Å²) in [7, 11) is 4.08. The van der Waals surface area contributed by atoms with Crippen molar-refractivity contribution in [2.24, 2.45) is 0 Å². The van der Waals surface area contributed by atoms with E-state index in [9.17, 15) is 4.79 Å². The predicted octanol–water partition coefficient (Wildman–Crippen LogP) is 1.69. The Labute approximate surface area is 92.4 Å². The van der Waals surface area contributed by atoms with Crippen LogP contribution in [-0.2, 0) is 6.42 Å². The number of nitrogens with one attached hydrogen (secondary N) is 1. The summed E-state index contributed by atoms with van der Waals surface area (Å²) in [6, 6.07) is 1.96. The summed E-state index contributed by atoms with van der Waals surface area (Å²) < 4.78 is 1.08. The lowest BCUT2D eigenvalue weighted by Gasteiger charge is -2.07. The normalized spacial score (nSPS) is 11.4. The SMILES string of the molecule is CN(C)CCc1csc2cc[nH]c(=O)c12. The van der Waals surface area contributed by atoms with Gasteiger partial charge in [0.2, 0.25) is 0 Å². The second-order valence-electron chi connectivity index (χ2n) is 3.86. The van der Waals surface area contributed by atoms with Crippen molar-refractivity contribution >= 4 is 21.4 Å². The fourth-order valence-corrected chi connectivity index (χ4v) is 2.58. The Morgan fingerprint density at radius 2 is 2.27 bits per heavy atom. The van der Waals surface area contributed by atoms with Gasteiger partial charge in [-0.1, -0.05) is 0 Å². The Morgan fingerprint density at radius 3 is 3.00 bits per heavy atom. The van der Waals surface area contributed by atoms with E-state index in [1.807, 2.05) is 20.2 Å². The van der Waals surface area contributed by atoms with Crippen LogP contribution in [0.2, 0.25) is 0 Å². The molecule has 0 atom stereocenters. The number of thiophene rings is 1. The Balaban J connectivity index is 2.40. The number of fused-ring (bicyclic) bond motifs is 1. The van der Waals surface area contributed by atoms with Crippen molar-refractivity contribution in [1.29, 1.82) is 0 Å². The van der Waals surface area contributed by atoms with Crippen LogP contribution in [0.5, 0.6) is 0 Å². The number of aromatic amines is 1. The molecule has 0 bridgehead atoms. The highest BCUT2D eigenvalue weighted by atomic mass is 32.1. The van der Waals surface area contributed by atoms with Crippen molar-refractivity contribution in [2.45, 2.75) is 6.42 Å². The van der Waals surface area contributed by atoms with E-state index in [1.54, 1.807) is 17.5 Å². The molecular formula is C11H14N2OS. The number of hydrogen-bond acceptors (Lipinski definition) is 3. The number of H-pyrrole nitrogens is 1. The molecule has 4 heteroatoms. The zero-order chi connectivity index (χ0) is 10.8. The molecule has 0 fully saturated rings. The molecule has 1 N–H and O–H groups in total. The van der Waals surface area contributed by atoms with Crippen LogP contribution < -0.4 is 5.56 Å². The first-order valence-electron chi connectivity index (χ1n) is 4.91. The molecule has 0 aliphatic carbocycles. The standard InChI is InChI=1S/C11H14N2OS/c1-13(2)6-4-8-7-15-9-3-5-12-11(14)10(8)9/h3,5,7H,4,6H2,1-2H3,(H,12,14). The lowest BCUT2D eigenvalue weighted by molar-refractivity contribution is 0.414. The number of likely N-dealkylation sites (N-methyl/N-ethyl adjacent to an activating group) is 1. The summed E-state index contributed by atoms with van der Waals surface area (Å²) in [5.74, 6) is 0. The van der Waals surface area contributed by atoms with Crippen molar-refractivity contribution in [3.63, 3.8) is 0 Å². The number of hydrogen-bond donors (Lipinski definition) is 1. The summed E-state index contributed by atoms with van der Waals surface area (Å²) in [5, 5.41) is 2.95. The van der Waals surface area contributed by atoms with Gasteiger partial charge in [-0.25, -0.2) is 0 Å². The molecule has 0 aliphatic heterocycles. The summed E-state index contributed by atoms with van der Waals surface area (Å²) >= 11 is 1.64. The van der Waals surface area contributed by atoms with Gasteiger partial charge < -0.3 is 9.88 Å². The lowest BCUT2D eigenvalue weighted by Crippen LogP contribution is -2.15. The Hall–Kier alpha value is -1.13. The number of aromatic nitrogens is 1. The third-order valence-corrected chi connectivity index (χ3v) is 3.40. The second-order valence-corrected chi connectivity index (χ2v) is 4.77. The van der Waals surface area contributed by atoms with Gasteiger partial charge in [-0.2, -0.15) is 0 Å². The molecule has 80 valence electrons. The first kappa shape index (κ1) is 10.4. The van der Waals surface area contributed by atoms with Gasteiger partial charge in [0.15, 0.2) is 0 Å². The summed E-state index contributed by atoms with van der Waals surface area (Å²) in [6.45, 7) is 0.972. The highest BCUT2D eigenvalue weighted by Gasteiger charge is 2.07. The van der Waals surface area contributed by atoms with Crippen LogP contribution in [0.25, 0.3) is 10.1 Å². The zero-order valence-electron chi connectivity index (χ0n) is 8.91. The highest BCUT2D eigenvalue weighted by molar-refractivity contribution is 7.17. The molecule has 15 heavy (non-hydrogen) atoms. The second kappa shape index (κ2) is 4.16. The molecule has 0 spiro atoms. The Bertz CT molecular complexity index is 513. The topological polar surface area (TPSA) is 36.1 Å². The molecule has 0 amide bonds. The predicted molar refractivity (Wildman–Crippen MR) is 64.7 cm³/mol. The van der Waals surface area contributed by atoms with Crippen LogP contribution in [0.1, 0.15) is 5.56 Å². The molecule has 0 unspecified atom stereocenters. The minimum atomic E-state index is 0.0301. The van der Waals surface area contributed by atoms with Crippen LogP contribution in [0.15, 0.2) is 22.4 Å². The summed E-state index contributed by atoms with van der Waals surface area (Å²) in [6.07, 6.45) is 2.64. The van der Waals surface area contributed by atoms with Gasteiger partial charge in [0.25, 0.3) is 5.56 Å². The van der Waals surface area contributed by atoms with Gasteiger partial charge in [0.05, 0.1) is 5.39 Å². The maximum absolute atomic E-state index is 11.6. The summed E-state index contributed by atoms with van der Waals surface area (Å²) in [5.41, 5.74) is 1.19. The quantitative estimate of drug-likeness (QED) is 0.858. The molecular weight excluding hydrogens is 208 g/mol. The lowest BCUT2D eigenvalue weighted by atomic mass is 10.1. The van der Waals surface area contributed by atoms with Gasteiger partial charge in [-0.05, 0) is 37.5 Å². The molecule has 0 aromatic carbocycles. The average molecular weight is 222 g/mol. The zero-order valence-corrected chi connectivity index (χ0v) is 9.73. The number of nitrogens with zero attached hydrogens (tertiary/aromatic N) is 1. The minimum absolute atomic E-state index is 0.0301. The third kappa shape index (κ3) is 2.11. The Morgan fingerprint density at radius 1 is 1.47 bits per heavy atom. The van der Waals surface area contributed by atoms with E-state index >= 15 is 0 Å². The molecule has 3 nitrogen and oxygen atoms in total. The van der Waals surface area contributed by atoms with Gasteiger partial charge in [-0.3, -0.25) is 4.79 Å². The largest absolute Gasteiger partial charge is 0.328 e. The van der Waals surface area contributed by atoms with Crippen LogP contribution >= 0.6 is 11.3 Å². The maximum Gasteiger partial charge on any atom is 0.256 e. The molecule has 2 heterocycles. The van der Waals surface area contributed by atoms with Gasteiger partial charge in [0.1, 0.15) is 0 Å². The molecule has 0 saturated carbocycles. The Kier molecular flexibility index (Phi) is 2.88. The fourth-order valence-electron chi connectivity index (χ4n) is 1.58. The molecule has 0 radical (unpaired) electrons. The van der Waals surface area contributed by atoms with Crippen molar-refractivity contribution in [1.82, 2.24) is 9.88 Å². The molecule has 0 saturated heterocycles. The van der Waals surface area contributed by atoms with Crippen LogP contribution in [-0.4, -0.2) is 30.5 Å². The van der Waals surface area contributed by atoms with Crippen LogP contribution in [0.3, 0.4) is 0 Å². The smallest absolute Gasteiger partial charge is 0.256 e. The van der Waals surface area contributed by atoms with Crippen molar-refractivity contribution in [2.75, 3.05) is 20.6 Å². The van der Waals surface area contributed by atoms with Crippen LogP contribution in [0, 0.1) is 0 Å². The van der Waals surface area contributed by atoms with Crippen molar-refractivity contribution in [3.05, 3.63) is 33.6 Å². The molecule has 2 rings (SSSR count). The van der Waals surface area contributed by atoms with Gasteiger partial charge in [-0.15, -0.1) is 11.3 Å². The first-order chi connectivity index (χ1) is 7.18. The van der Waals surface area contributed by atoms with Gasteiger partial charge >= 0.3 is 0 Å². The fraction of sp³-hybridized carbons (Fsp3) is 0.364. The minimum Gasteiger partial charge on any atom is -0.328 e. The van der Waals surface area contributed by atoms with E-state index in [2.05, 4.69) is 15.3 Å². The van der Waals surface area contributed by atoms with Gasteiger partial charge in [0, 0.05) is 17.4 Å². The highest BCUT2D eigenvalue weighted by Crippen LogP contribution is 2.22. The number of rotatable bonds is 3. The van der Waals surface area contributed by atoms with E-state index in [0.717, 1.165) is 28.6 Å². The van der Waals surface area contributed by atoms with E-state index in [0.29, 0.717) is 0 Å². The number of pyridine rings is 1. The first-order valence-corrected chi connectivity index (χ1v) is 5.79. The molecule has 2 aromatic rings. The van der Waals surface area contributed by atoms with E-state index in [4.69, 9.17) is 0 Å². The summed E-state index contributed by atoms with van der Waals surface area (Å²) in [4.78, 5) is 16.5. The van der Waals surface area contributed by atoms with Crippen molar-refractivity contribution < 1.29 is 0 Å². The van der Waals surface area contributed by atoms with E-state index < -0.39 is 0 Å². The maximum atomic E-state index is 11.6. The molecule has 0 aliphatic rings.